The molecule has 2 fully saturated rings. The van der Waals surface area contributed by atoms with Crippen LogP contribution >= 0.6 is 0 Å². The summed E-state index contributed by atoms with van der Waals surface area (Å²) in [6.07, 6.45) is 6.32. The van der Waals surface area contributed by atoms with Gasteiger partial charge in [0.2, 0.25) is 0 Å². The molecule has 88 valence electrons. The summed E-state index contributed by atoms with van der Waals surface area (Å²) >= 11 is 0. The highest BCUT2D eigenvalue weighted by Gasteiger charge is 2.30. The quantitative estimate of drug-likeness (QED) is 0.747. The van der Waals surface area contributed by atoms with Crippen LogP contribution in [0.2, 0.25) is 0 Å². The first kappa shape index (κ1) is 11.4. The van der Waals surface area contributed by atoms with E-state index in [1.807, 2.05) is 0 Å². The molecule has 4 unspecified atom stereocenters. The average molecular weight is 211 g/mol. The number of rotatable bonds is 4. The van der Waals surface area contributed by atoms with Crippen molar-refractivity contribution in [2.24, 2.45) is 17.8 Å². The molecule has 4 atom stereocenters. The monoisotopic (exact) mass is 211 g/mol. The molecule has 0 aromatic heterocycles. The highest BCUT2D eigenvalue weighted by atomic mass is 16.3. The fourth-order valence-electron chi connectivity index (χ4n) is 2.67. The lowest BCUT2D eigenvalue weighted by Crippen LogP contribution is -2.40. The summed E-state index contributed by atoms with van der Waals surface area (Å²) in [6, 6.07) is 0.657. The van der Waals surface area contributed by atoms with Crippen LogP contribution < -0.4 is 5.32 Å². The van der Waals surface area contributed by atoms with Crippen molar-refractivity contribution in [3.05, 3.63) is 0 Å². The van der Waals surface area contributed by atoms with Crippen LogP contribution in [0.5, 0.6) is 0 Å². The first-order valence-electron chi connectivity index (χ1n) is 6.58. The first-order chi connectivity index (χ1) is 7.16. The molecule has 0 amide bonds. The van der Waals surface area contributed by atoms with Crippen molar-refractivity contribution in [3.8, 4) is 0 Å². The van der Waals surface area contributed by atoms with Crippen molar-refractivity contribution in [2.75, 3.05) is 6.54 Å². The molecule has 0 heterocycles. The second-order valence-electron chi connectivity index (χ2n) is 5.78. The van der Waals surface area contributed by atoms with Gasteiger partial charge in [0.05, 0.1) is 6.10 Å². The van der Waals surface area contributed by atoms with Crippen molar-refractivity contribution in [1.29, 1.82) is 0 Å². The molecule has 0 saturated heterocycles. The van der Waals surface area contributed by atoms with Gasteiger partial charge in [-0.25, -0.2) is 0 Å². The molecule has 15 heavy (non-hydrogen) atoms. The highest BCUT2D eigenvalue weighted by Crippen LogP contribution is 2.33. The molecule has 2 heteroatoms. The summed E-state index contributed by atoms with van der Waals surface area (Å²) < 4.78 is 0. The summed E-state index contributed by atoms with van der Waals surface area (Å²) in [7, 11) is 0. The summed E-state index contributed by atoms with van der Waals surface area (Å²) in [5.41, 5.74) is 0. The zero-order chi connectivity index (χ0) is 10.8. The maximum Gasteiger partial charge on any atom is 0.0692 e. The minimum atomic E-state index is -0.0837. The van der Waals surface area contributed by atoms with E-state index in [1.165, 1.54) is 32.1 Å². The largest absolute Gasteiger partial charge is 0.392 e. The number of hydrogen-bond acceptors (Lipinski definition) is 2. The summed E-state index contributed by atoms with van der Waals surface area (Å²) in [5, 5.41) is 13.3. The Kier molecular flexibility index (Phi) is 3.68. The normalized spacial score (nSPS) is 39.0. The van der Waals surface area contributed by atoms with Crippen LogP contribution in [0.1, 0.15) is 46.0 Å². The van der Waals surface area contributed by atoms with Gasteiger partial charge >= 0.3 is 0 Å². The highest BCUT2D eigenvalue weighted by molar-refractivity contribution is 4.85. The molecule has 0 aromatic carbocycles. The Morgan fingerprint density at radius 2 is 1.87 bits per heavy atom. The molecule has 0 aromatic rings. The molecule has 2 saturated carbocycles. The van der Waals surface area contributed by atoms with Gasteiger partial charge in [0.25, 0.3) is 0 Å². The Morgan fingerprint density at radius 3 is 2.47 bits per heavy atom. The van der Waals surface area contributed by atoms with E-state index in [9.17, 15) is 5.11 Å². The average Bonchev–Trinajstić information content (AvgIpc) is 3.03. The predicted molar refractivity (Wildman–Crippen MR) is 62.7 cm³/mol. The molecule has 0 aliphatic heterocycles. The van der Waals surface area contributed by atoms with E-state index < -0.39 is 0 Å². The van der Waals surface area contributed by atoms with Crippen LogP contribution in [0, 0.1) is 17.8 Å². The van der Waals surface area contributed by atoms with Crippen molar-refractivity contribution in [1.82, 2.24) is 5.32 Å². The van der Waals surface area contributed by atoms with Gasteiger partial charge < -0.3 is 10.4 Å². The van der Waals surface area contributed by atoms with Gasteiger partial charge in [-0.15, -0.1) is 0 Å². The number of aliphatic hydroxyl groups excluding tert-OH is 1. The van der Waals surface area contributed by atoms with Crippen LogP contribution in [0.25, 0.3) is 0 Å². The van der Waals surface area contributed by atoms with E-state index >= 15 is 0 Å². The zero-order valence-corrected chi connectivity index (χ0v) is 10.1. The van der Waals surface area contributed by atoms with Crippen molar-refractivity contribution in [2.45, 2.75) is 58.1 Å². The molecule has 2 nitrogen and oxygen atoms in total. The Bertz CT molecular complexity index is 203. The molecule has 2 aliphatic carbocycles. The molecule has 0 radical (unpaired) electrons. The lowest BCUT2D eigenvalue weighted by atomic mass is 9.79. The topological polar surface area (TPSA) is 32.3 Å². The van der Waals surface area contributed by atoms with Crippen LogP contribution in [0.4, 0.5) is 0 Å². The SMILES string of the molecule is CC1CCC(NCC(O)C2CC2)CC1C. The first-order valence-corrected chi connectivity index (χ1v) is 6.58. The van der Waals surface area contributed by atoms with Crippen LogP contribution in [-0.2, 0) is 0 Å². The lowest BCUT2D eigenvalue weighted by molar-refractivity contribution is 0.134. The zero-order valence-electron chi connectivity index (χ0n) is 10.1. The Hall–Kier alpha value is -0.0800. The lowest BCUT2D eigenvalue weighted by Gasteiger charge is -2.33. The summed E-state index contributed by atoms with van der Waals surface area (Å²) in [6.45, 7) is 5.53. The second-order valence-corrected chi connectivity index (χ2v) is 5.78. The van der Waals surface area contributed by atoms with Gasteiger partial charge in [-0.1, -0.05) is 13.8 Å². The third kappa shape index (κ3) is 3.18. The fraction of sp³-hybridized carbons (Fsp3) is 1.00. The molecule has 0 bridgehead atoms. The van der Waals surface area contributed by atoms with E-state index in [4.69, 9.17) is 0 Å². The molecule has 2 aliphatic rings. The number of nitrogens with one attached hydrogen (secondary N) is 1. The van der Waals surface area contributed by atoms with Crippen LogP contribution in [0.3, 0.4) is 0 Å². The summed E-state index contributed by atoms with van der Waals surface area (Å²) in [5.74, 6) is 2.34. The van der Waals surface area contributed by atoms with E-state index in [-0.39, 0.29) is 6.10 Å². The van der Waals surface area contributed by atoms with E-state index in [0.717, 1.165) is 18.4 Å². The van der Waals surface area contributed by atoms with Crippen LogP contribution in [0.15, 0.2) is 0 Å². The smallest absolute Gasteiger partial charge is 0.0692 e. The van der Waals surface area contributed by atoms with Gasteiger partial charge in [-0.3, -0.25) is 0 Å². The Morgan fingerprint density at radius 1 is 1.13 bits per heavy atom. The van der Waals surface area contributed by atoms with E-state index in [0.29, 0.717) is 12.0 Å². The van der Waals surface area contributed by atoms with Gasteiger partial charge in [-0.2, -0.15) is 0 Å². The second kappa shape index (κ2) is 4.84. The molecular weight excluding hydrogens is 186 g/mol. The number of aliphatic hydroxyl groups is 1. The third-order valence-electron chi connectivity index (χ3n) is 4.38. The van der Waals surface area contributed by atoms with Gasteiger partial charge in [0.1, 0.15) is 0 Å². The standard InChI is InChI=1S/C13H25NO/c1-9-3-6-12(7-10(9)2)14-8-13(15)11-4-5-11/h9-15H,3-8H2,1-2H3. The number of hydrogen-bond donors (Lipinski definition) is 2. The minimum absolute atomic E-state index is 0.0837. The van der Waals surface area contributed by atoms with Crippen molar-refractivity contribution < 1.29 is 5.11 Å². The maximum absolute atomic E-state index is 9.77. The van der Waals surface area contributed by atoms with Crippen molar-refractivity contribution in [3.63, 3.8) is 0 Å². The molecule has 2 N–H and O–H groups in total. The van der Waals surface area contributed by atoms with E-state index in [2.05, 4.69) is 19.2 Å². The van der Waals surface area contributed by atoms with Gasteiger partial charge in [0.15, 0.2) is 0 Å². The maximum atomic E-state index is 9.77. The molecule has 2 rings (SSSR count). The minimum Gasteiger partial charge on any atom is -0.392 e. The predicted octanol–water partition coefficient (Wildman–Crippen LogP) is 2.17. The molecule has 0 spiro atoms. The Labute approximate surface area is 93.5 Å². The Balaban J connectivity index is 1.66. The fourth-order valence-corrected chi connectivity index (χ4v) is 2.67. The van der Waals surface area contributed by atoms with Gasteiger partial charge in [0, 0.05) is 12.6 Å². The molecular formula is C13H25NO. The third-order valence-corrected chi connectivity index (χ3v) is 4.38. The van der Waals surface area contributed by atoms with Crippen molar-refractivity contribution >= 4 is 0 Å². The van der Waals surface area contributed by atoms with Crippen LogP contribution in [-0.4, -0.2) is 23.8 Å². The van der Waals surface area contributed by atoms with Gasteiger partial charge in [-0.05, 0) is 49.9 Å². The summed E-state index contributed by atoms with van der Waals surface area (Å²) in [4.78, 5) is 0. The van der Waals surface area contributed by atoms with E-state index in [1.54, 1.807) is 0 Å².